The van der Waals surface area contributed by atoms with E-state index < -0.39 is 17.1 Å². The summed E-state index contributed by atoms with van der Waals surface area (Å²) in [5.41, 5.74) is 6.49. The number of ether oxygens (including phenoxy) is 1. The molecule has 108 valence electrons. The van der Waals surface area contributed by atoms with Crippen LogP contribution in [0.3, 0.4) is 0 Å². The molecule has 0 spiro atoms. The molecular formula is C18H19NO2. The van der Waals surface area contributed by atoms with Crippen LogP contribution in [0.15, 0.2) is 42.5 Å². The molecule has 1 aliphatic carbocycles. The van der Waals surface area contributed by atoms with Crippen molar-refractivity contribution in [1.29, 1.82) is 0 Å². The van der Waals surface area contributed by atoms with E-state index in [1.165, 1.54) is 0 Å². The second-order valence-electron chi connectivity index (χ2n) is 6.46. The molecule has 3 nitrogen and oxygen atoms in total. The molecule has 0 saturated heterocycles. The summed E-state index contributed by atoms with van der Waals surface area (Å²) in [4.78, 5) is 12.6. The molecule has 2 aromatic carbocycles. The largest absolute Gasteiger partial charge is 0.458 e. The summed E-state index contributed by atoms with van der Waals surface area (Å²) >= 11 is 0. The summed E-state index contributed by atoms with van der Waals surface area (Å²) in [6, 6.07) is 11.9. The Kier molecular flexibility index (Phi) is 2.92. The summed E-state index contributed by atoms with van der Waals surface area (Å²) in [7, 11) is 0. The van der Waals surface area contributed by atoms with Crippen LogP contribution in [0.25, 0.3) is 16.8 Å². The SMILES string of the molecule is CC(C)(C)OC(=O)C1(N)C=Cc2cccc3cccc1c23. The molecule has 0 heterocycles. The minimum Gasteiger partial charge on any atom is -0.458 e. The molecule has 3 heteroatoms. The highest BCUT2D eigenvalue weighted by molar-refractivity contribution is 6.02. The molecule has 0 fully saturated rings. The third kappa shape index (κ3) is 2.24. The van der Waals surface area contributed by atoms with Crippen LogP contribution >= 0.6 is 0 Å². The number of carbonyl (C=O) groups excluding carboxylic acids is 1. The van der Waals surface area contributed by atoms with Gasteiger partial charge in [-0.05, 0) is 48.7 Å². The molecule has 3 rings (SSSR count). The Bertz CT molecular complexity index is 750. The average molecular weight is 281 g/mol. The van der Waals surface area contributed by atoms with E-state index in [1.807, 2.05) is 63.2 Å². The number of esters is 1. The van der Waals surface area contributed by atoms with Gasteiger partial charge in [0.1, 0.15) is 5.60 Å². The van der Waals surface area contributed by atoms with Crippen LogP contribution in [0.2, 0.25) is 0 Å². The maximum atomic E-state index is 12.6. The van der Waals surface area contributed by atoms with Crippen LogP contribution in [-0.4, -0.2) is 11.6 Å². The van der Waals surface area contributed by atoms with Gasteiger partial charge in [-0.25, -0.2) is 4.79 Å². The van der Waals surface area contributed by atoms with E-state index in [1.54, 1.807) is 6.08 Å². The summed E-state index contributed by atoms with van der Waals surface area (Å²) in [5, 5.41) is 2.10. The lowest BCUT2D eigenvalue weighted by Gasteiger charge is -2.32. The molecule has 1 atom stereocenters. The van der Waals surface area contributed by atoms with Crippen molar-refractivity contribution in [2.45, 2.75) is 31.9 Å². The number of hydrogen-bond acceptors (Lipinski definition) is 3. The summed E-state index contributed by atoms with van der Waals surface area (Å²) in [5.74, 6) is -0.423. The highest BCUT2D eigenvalue weighted by Gasteiger charge is 2.40. The van der Waals surface area contributed by atoms with Gasteiger partial charge in [0.25, 0.3) is 0 Å². The Balaban J connectivity index is 2.18. The van der Waals surface area contributed by atoms with Gasteiger partial charge in [0.15, 0.2) is 5.54 Å². The molecule has 1 unspecified atom stereocenters. The second-order valence-corrected chi connectivity index (χ2v) is 6.46. The van der Waals surface area contributed by atoms with Gasteiger partial charge in [0, 0.05) is 0 Å². The zero-order valence-electron chi connectivity index (χ0n) is 12.5. The van der Waals surface area contributed by atoms with Crippen LogP contribution < -0.4 is 5.73 Å². The molecule has 0 amide bonds. The molecule has 0 aliphatic heterocycles. The van der Waals surface area contributed by atoms with Gasteiger partial charge >= 0.3 is 5.97 Å². The maximum absolute atomic E-state index is 12.6. The van der Waals surface area contributed by atoms with Crippen LogP contribution in [0.1, 0.15) is 31.9 Å². The van der Waals surface area contributed by atoms with Gasteiger partial charge in [-0.2, -0.15) is 0 Å². The lowest BCUT2D eigenvalue weighted by molar-refractivity contribution is -0.160. The van der Waals surface area contributed by atoms with E-state index in [0.717, 1.165) is 21.9 Å². The number of nitrogens with two attached hydrogens (primary N) is 1. The van der Waals surface area contributed by atoms with Gasteiger partial charge < -0.3 is 10.5 Å². The third-order valence-electron chi connectivity index (χ3n) is 3.65. The quantitative estimate of drug-likeness (QED) is 0.815. The van der Waals surface area contributed by atoms with Crippen molar-refractivity contribution < 1.29 is 9.53 Å². The molecule has 0 bridgehead atoms. The summed E-state index contributed by atoms with van der Waals surface area (Å²) < 4.78 is 5.51. The first-order chi connectivity index (χ1) is 9.81. The molecule has 2 aromatic rings. The Hall–Kier alpha value is -2.13. The first-order valence-corrected chi connectivity index (χ1v) is 7.05. The number of hydrogen-bond donors (Lipinski definition) is 1. The summed E-state index contributed by atoms with van der Waals surface area (Å²) in [6.07, 6.45) is 3.64. The van der Waals surface area contributed by atoms with E-state index in [4.69, 9.17) is 10.5 Å². The predicted molar refractivity (Wildman–Crippen MR) is 84.7 cm³/mol. The van der Waals surface area contributed by atoms with Gasteiger partial charge in [-0.15, -0.1) is 0 Å². The molecule has 0 aromatic heterocycles. The van der Waals surface area contributed by atoms with E-state index in [2.05, 4.69) is 0 Å². The molecule has 1 aliphatic rings. The highest BCUT2D eigenvalue weighted by atomic mass is 16.6. The van der Waals surface area contributed by atoms with Gasteiger partial charge in [0.2, 0.25) is 0 Å². The first kappa shape index (κ1) is 13.8. The monoisotopic (exact) mass is 281 g/mol. The van der Waals surface area contributed by atoms with Crippen molar-refractivity contribution in [3.63, 3.8) is 0 Å². The van der Waals surface area contributed by atoms with Crippen molar-refractivity contribution in [2.75, 3.05) is 0 Å². The van der Waals surface area contributed by atoms with Crippen molar-refractivity contribution >= 4 is 22.8 Å². The Labute approximate surface area is 124 Å². The van der Waals surface area contributed by atoms with Crippen molar-refractivity contribution in [2.24, 2.45) is 5.73 Å². The lowest BCUT2D eigenvalue weighted by atomic mass is 9.81. The van der Waals surface area contributed by atoms with E-state index in [0.29, 0.717) is 0 Å². The van der Waals surface area contributed by atoms with Gasteiger partial charge in [0.05, 0.1) is 0 Å². The Morgan fingerprint density at radius 3 is 2.48 bits per heavy atom. The van der Waals surface area contributed by atoms with Gasteiger partial charge in [-0.1, -0.05) is 42.5 Å². The first-order valence-electron chi connectivity index (χ1n) is 7.05. The molecule has 0 radical (unpaired) electrons. The van der Waals surface area contributed by atoms with Crippen molar-refractivity contribution in [1.82, 2.24) is 0 Å². The normalized spacial score (nSPS) is 20.6. The van der Waals surface area contributed by atoms with Gasteiger partial charge in [-0.3, -0.25) is 0 Å². The van der Waals surface area contributed by atoms with E-state index in [-0.39, 0.29) is 0 Å². The molecule has 2 N–H and O–H groups in total. The van der Waals surface area contributed by atoms with Crippen LogP contribution in [-0.2, 0) is 15.1 Å². The fraction of sp³-hybridized carbons (Fsp3) is 0.278. The number of rotatable bonds is 1. The fourth-order valence-electron chi connectivity index (χ4n) is 2.71. The molecule has 21 heavy (non-hydrogen) atoms. The van der Waals surface area contributed by atoms with E-state index >= 15 is 0 Å². The van der Waals surface area contributed by atoms with Crippen molar-refractivity contribution in [3.05, 3.63) is 53.6 Å². The number of benzene rings is 2. The second kappa shape index (κ2) is 4.43. The third-order valence-corrected chi connectivity index (χ3v) is 3.65. The fourth-order valence-corrected chi connectivity index (χ4v) is 2.71. The van der Waals surface area contributed by atoms with Crippen LogP contribution in [0, 0.1) is 0 Å². The van der Waals surface area contributed by atoms with Crippen molar-refractivity contribution in [3.8, 4) is 0 Å². The van der Waals surface area contributed by atoms with E-state index in [9.17, 15) is 4.79 Å². The van der Waals surface area contributed by atoms with Crippen LogP contribution in [0.5, 0.6) is 0 Å². The Morgan fingerprint density at radius 1 is 1.14 bits per heavy atom. The zero-order chi connectivity index (χ0) is 15.3. The van der Waals surface area contributed by atoms with Crippen LogP contribution in [0.4, 0.5) is 0 Å². The number of carbonyl (C=O) groups is 1. The standard InChI is InChI=1S/C18H19NO2/c1-17(2,3)21-16(20)18(19)11-10-13-7-4-6-12-8-5-9-14(18)15(12)13/h4-11H,19H2,1-3H3. The topological polar surface area (TPSA) is 52.3 Å². The molecule has 0 saturated carbocycles. The lowest BCUT2D eigenvalue weighted by Crippen LogP contribution is -2.47. The summed E-state index contributed by atoms with van der Waals surface area (Å²) in [6.45, 7) is 5.53. The smallest absolute Gasteiger partial charge is 0.335 e. The minimum absolute atomic E-state index is 0.423. The highest BCUT2D eigenvalue weighted by Crippen LogP contribution is 2.37. The Morgan fingerprint density at radius 2 is 1.81 bits per heavy atom. The average Bonchev–Trinajstić information content (AvgIpc) is 2.41. The predicted octanol–water partition coefficient (Wildman–Crippen LogP) is 3.36. The maximum Gasteiger partial charge on any atom is 0.335 e. The zero-order valence-corrected chi connectivity index (χ0v) is 12.5. The minimum atomic E-state index is -1.23. The molecular weight excluding hydrogens is 262 g/mol.